The van der Waals surface area contributed by atoms with Gasteiger partial charge < -0.3 is 14.7 Å². The number of ether oxygens (including phenoxy) is 2. The van der Waals surface area contributed by atoms with E-state index in [2.05, 4.69) is 0 Å². The molecular weight excluding hydrogens is 262 g/mol. The highest BCUT2D eigenvalue weighted by atomic mass is 16.7. The second-order valence-corrected chi connectivity index (χ2v) is 6.49. The van der Waals surface area contributed by atoms with Crippen molar-refractivity contribution in [1.82, 2.24) is 5.06 Å². The summed E-state index contributed by atoms with van der Waals surface area (Å²) in [5, 5.41) is 11.5. The van der Waals surface area contributed by atoms with Gasteiger partial charge in [0.1, 0.15) is 0 Å². The van der Waals surface area contributed by atoms with E-state index in [1.807, 2.05) is 27.7 Å². The van der Waals surface area contributed by atoms with Crippen molar-refractivity contribution >= 4 is 11.9 Å². The van der Waals surface area contributed by atoms with Crippen LogP contribution in [0.15, 0.2) is 0 Å². The number of carbonyl (C=O) groups is 2. The fourth-order valence-corrected chi connectivity index (χ4v) is 2.81. The highest BCUT2D eigenvalue weighted by Crippen LogP contribution is 2.40. The van der Waals surface area contributed by atoms with E-state index in [0.717, 1.165) is 0 Å². The molecule has 0 aromatic heterocycles. The summed E-state index contributed by atoms with van der Waals surface area (Å²) in [5.41, 5.74) is -1.02. The van der Waals surface area contributed by atoms with Crippen molar-refractivity contribution < 1.29 is 24.3 Å². The van der Waals surface area contributed by atoms with Crippen molar-refractivity contribution in [1.29, 1.82) is 0 Å². The van der Waals surface area contributed by atoms with Crippen molar-refractivity contribution in [2.24, 2.45) is 5.92 Å². The van der Waals surface area contributed by atoms with Gasteiger partial charge in [0.2, 0.25) is 6.79 Å². The average Bonchev–Trinajstić information content (AvgIpc) is 2.34. The monoisotopic (exact) mass is 287 g/mol. The van der Waals surface area contributed by atoms with E-state index in [9.17, 15) is 14.8 Å². The number of hydrogen-bond donors (Lipinski definition) is 1. The lowest BCUT2D eigenvalue weighted by atomic mass is 9.75. The smallest absolute Gasteiger partial charge is 0.311 e. The average molecular weight is 287 g/mol. The minimum Gasteiger partial charge on any atom is -0.428 e. The molecule has 1 rings (SSSR count). The molecule has 1 saturated heterocycles. The van der Waals surface area contributed by atoms with E-state index in [1.54, 1.807) is 6.92 Å². The molecule has 6 heteroatoms. The van der Waals surface area contributed by atoms with Crippen molar-refractivity contribution in [3.05, 3.63) is 0 Å². The Morgan fingerprint density at radius 2 is 1.65 bits per heavy atom. The molecule has 20 heavy (non-hydrogen) atoms. The van der Waals surface area contributed by atoms with Crippen molar-refractivity contribution in [2.45, 2.75) is 65.0 Å². The van der Waals surface area contributed by atoms with Crippen LogP contribution in [0.5, 0.6) is 0 Å². The van der Waals surface area contributed by atoms with Crippen LogP contribution >= 0.6 is 0 Å². The Morgan fingerprint density at radius 1 is 1.15 bits per heavy atom. The van der Waals surface area contributed by atoms with E-state index in [1.165, 1.54) is 5.06 Å². The van der Waals surface area contributed by atoms with Gasteiger partial charge in [0.15, 0.2) is 0 Å². The number of piperidine rings is 1. The first-order valence-electron chi connectivity index (χ1n) is 6.91. The van der Waals surface area contributed by atoms with Gasteiger partial charge in [-0.15, -0.1) is 0 Å². The third kappa shape index (κ3) is 3.93. The van der Waals surface area contributed by atoms with Gasteiger partial charge in [-0.05, 0) is 40.5 Å². The van der Waals surface area contributed by atoms with Crippen LogP contribution < -0.4 is 0 Å². The van der Waals surface area contributed by atoms with Crippen molar-refractivity contribution in [3.63, 3.8) is 0 Å². The molecule has 1 fully saturated rings. The van der Waals surface area contributed by atoms with Crippen LogP contribution in [0.2, 0.25) is 0 Å². The molecule has 1 heterocycles. The summed E-state index contributed by atoms with van der Waals surface area (Å²) < 4.78 is 9.73. The summed E-state index contributed by atoms with van der Waals surface area (Å²) >= 11 is 0. The molecule has 1 aliphatic rings. The zero-order valence-corrected chi connectivity index (χ0v) is 12.9. The summed E-state index contributed by atoms with van der Waals surface area (Å²) in [7, 11) is 0. The van der Waals surface area contributed by atoms with E-state index in [0.29, 0.717) is 12.8 Å². The van der Waals surface area contributed by atoms with Crippen LogP contribution in [0.4, 0.5) is 0 Å². The maximum Gasteiger partial charge on any atom is 0.311 e. The van der Waals surface area contributed by atoms with Gasteiger partial charge in [0.25, 0.3) is 0 Å². The summed E-state index contributed by atoms with van der Waals surface area (Å²) in [4.78, 5) is 23.0. The number of nitrogens with zero attached hydrogens (tertiary/aromatic N) is 1. The fraction of sp³-hybridized carbons (Fsp3) is 0.857. The van der Waals surface area contributed by atoms with Gasteiger partial charge in [-0.2, -0.15) is 5.06 Å². The molecule has 0 bridgehead atoms. The van der Waals surface area contributed by atoms with E-state index in [-0.39, 0.29) is 25.1 Å². The first-order chi connectivity index (χ1) is 9.10. The van der Waals surface area contributed by atoms with Crippen LogP contribution in [0.25, 0.3) is 0 Å². The quantitative estimate of drug-likeness (QED) is 0.630. The van der Waals surface area contributed by atoms with E-state index < -0.39 is 17.0 Å². The fourth-order valence-electron chi connectivity index (χ4n) is 2.81. The lowest BCUT2D eigenvalue weighted by Crippen LogP contribution is -2.60. The van der Waals surface area contributed by atoms with Crippen LogP contribution in [0.3, 0.4) is 0 Å². The molecule has 1 aliphatic heterocycles. The summed E-state index contributed by atoms with van der Waals surface area (Å²) in [6, 6.07) is 0. The second kappa shape index (κ2) is 6.10. The molecule has 0 aliphatic carbocycles. The third-order valence-electron chi connectivity index (χ3n) is 3.68. The molecule has 0 amide bonds. The molecule has 116 valence electrons. The maximum atomic E-state index is 12.0. The van der Waals surface area contributed by atoms with Crippen LogP contribution in [-0.4, -0.2) is 40.1 Å². The Kier molecular flexibility index (Phi) is 5.15. The number of carbonyl (C=O) groups excluding carboxylic acids is 2. The highest BCUT2D eigenvalue weighted by Gasteiger charge is 2.47. The summed E-state index contributed by atoms with van der Waals surface area (Å²) in [6.07, 6.45) is 1.24. The molecule has 0 unspecified atom stereocenters. The van der Waals surface area contributed by atoms with Gasteiger partial charge >= 0.3 is 11.9 Å². The largest absolute Gasteiger partial charge is 0.428 e. The summed E-state index contributed by atoms with van der Waals surface area (Å²) in [6.45, 7) is 8.85. The van der Waals surface area contributed by atoms with E-state index in [4.69, 9.17) is 9.47 Å². The first kappa shape index (κ1) is 16.9. The zero-order chi connectivity index (χ0) is 15.6. The molecule has 1 N–H and O–H groups in total. The van der Waals surface area contributed by atoms with Crippen LogP contribution in [0, 0.1) is 5.92 Å². The van der Waals surface area contributed by atoms with Crippen molar-refractivity contribution in [2.75, 3.05) is 6.79 Å². The lowest BCUT2D eigenvalue weighted by Gasteiger charge is -2.50. The number of hydroxylamine groups is 2. The molecule has 0 radical (unpaired) electrons. The molecule has 0 atom stereocenters. The standard InChI is InChI=1S/C14H25NO5/c1-6-11(16)19-9-20-12(17)10-7-13(2,3)15(18)14(4,5)8-10/h10,18H,6-9H2,1-5H3. The molecule has 6 nitrogen and oxygen atoms in total. The predicted octanol–water partition coefficient (Wildman–Crippen LogP) is 2.10. The first-order valence-corrected chi connectivity index (χ1v) is 6.91. The molecule has 0 aromatic rings. The van der Waals surface area contributed by atoms with Gasteiger partial charge in [-0.25, -0.2) is 0 Å². The van der Waals surface area contributed by atoms with E-state index >= 15 is 0 Å². The molecule has 0 saturated carbocycles. The number of rotatable bonds is 4. The Labute approximate surface area is 120 Å². The minimum atomic E-state index is -0.508. The van der Waals surface area contributed by atoms with Crippen LogP contribution in [-0.2, 0) is 19.1 Å². The Hall–Kier alpha value is -1.14. The van der Waals surface area contributed by atoms with Crippen molar-refractivity contribution in [3.8, 4) is 0 Å². The Balaban J connectivity index is 2.59. The molecular formula is C14H25NO5. The number of hydrogen-bond acceptors (Lipinski definition) is 6. The third-order valence-corrected chi connectivity index (χ3v) is 3.68. The zero-order valence-electron chi connectivity index (χ0n) is 12.9. The lowest BCUT2D eigenvalue weighted by molar-refractivity contribution is -0.252. The number of esters is 2. The normalized spacial score (nSPS) is 22.3. The maximum absolute atomic E-state index is 12.0. The SMILES string of the molecule is CCC(=O)OCOC(=O)C1CC(C)(C)N(O)C(C)(C)C1. The van der Waals surface area contributed by atoms with Gasteiger partial charge in [-0.3, -0.25) is 9.59 Å². The molecule has 0 aromatic carbocycles. The van der Waals surface area contributed by atoms with Gasteiger partial charge in [0.05, 0.1) is 5.92 Å². The predicted molar refractivity (Wildman–Crippen MR) is 71.8 cm³/mol. The summed E-state index contributed by atoms with van der Waals surface area (Å²) in [5.74, 6) is -1.10. The molecule has 0 spiro atoms. The highest BCUT2D eigenvalue weighted by molar-refractivity contribution is 5.73. The van der Waals surface area contributed by atoms with Gasteiger partial charge in [0, 0.05) is 17.5 Å². The second-order valence-electron chi connectivity index (χ2n) is 6.49. The van der Waals surface area contributed by atoms with Crippen LogP contribution in [0.1, 0.15) is 53.9 Å². The Bertz CT molecular complexity index is 360. The minimum absolute atomic E-state index is 0.251. The van der Waals surface area contributed by atoms with Gasteiger partial charge in [-0.1, -0.05) is 6.92 Å². The Morgan fingerprint density at radius 3 is 2.10 bits per heavy atom. The topological polar surface area (TPSA) is 76.1 Å².